The summed E-state index contributed by atoms with van der Waals surface area (Å²) in [6, 6.07) is 0. The van der Waals surface area contributed by atoms with E-state index in [-0.39, 0.29) is 18.9 Å². The van der Waals surface area contributed by atoms with Crippen LogP contribution in [0.15, 0.2) is 0 Å². The van der Waals surface area contributed by atoms with Gasteiger partial charge in [-0.05, 0) is 64.5 Å². The van der Waals surface area contributed by atoms with Crippen molar-refractivity contribution in [3.63, 3.8) is 0 Å². The van der Waals surface area contributed by atoms with Gasteiger partial charge in [0.05, 0.1) is 13.2 Å². The fraction of sp³-hybridized carbons (Fsp3) is 0.974. The maximum absolute atomic E-state index is 11.8. The Morgan fingerprint density at radius 1 is 0.511 bits per heavy atom. The summed E-state index contributed by atoms with van der Waals surface area (Å²) in [5.41, 5.74) is 0. The number of rotatable bonds is 38. The van der Waals surface area contributed by atoms with Gasteiger partial charge in [-0.25, -0.2) is 0 Å². The van der Waals surface area contributed by atoms with Crippen LogP contribution in [0.25, 0.3) is 0 Å². The first-order chi connectivity index (χ1) is 22.2. The third-order valence-corrected chi connectivity index (χ3v) is 8.80. The van der Waals surface area contributed by atoms with Gasteiger partial charge in [-0.1, -0.05) is 136 Å². The van der Waals surface area contributed by atoms with Gasteiger partial charge in [0.1, 0.15) is 0 Å². The van der Waals surface area contributed by atoms with Gasteiger partial charge in [-0.15, -0.1) is 0 Å². The van der Waals surface area contributed by atoms with Crippen molar-refractivity contribution < 1.29 is 24.1 Å². The Morgan fingerprint density at radius 2 is 0.933 bits per heavy atom. The van der Waals surface area contributed by atoms with E-state index in [0.29, 0.717) is 13.0 Å². The minimum Gasteiger partial charge on any atom is -0.466 e. The quantitative estimate of drug-likeness (QED) is 0.0411. The molecule has 0 aliphatic rings. The summed E-state index contributed by atoms with van der Waals surface area (Å²) in [5.74, 6) is -0.0336. The maximum Gasteiger partial charge on any atom is 0.305 e. The number of ether oxygens (including phenoxy) is 3. The van der Waals surface area contributed by atoms with Gasteiger partial charge in [0.2, 0.25) is 0 Å². The first-order valence-corrected chi connectivity index (χ1v) is 19.9. The molecule has 0 amide bonds. The second-order valence-corrected chi connectivity index (χ2v) is 13.3. The highest BCUT2D eigenvalue weighted by atomic mass is 16.7. The average molecular weight is 642 g/mol. The van der Waals surface area contributed by atoms with Crippen LogP contribution in [0.5, 0.6) is 0 Å². The van der Waals surface area contributed by atoms with Gasteiger partial charge in [0.25, 0.3) is 0 Å². The number of aliphatic hydroxyl groups is 1. The minimum absolute atomic E-state index is 0.0271. The van der Waals surface area contributed by atoms with Gasteiger partial charge in [-0.2, -0.15) is 0 Å². The lowest BCUT2D eigenvalue weighted by Gasteiger charge is -2.21. The topological polar surface area (TPSA) is 68.2 Å². The third kappa shape index (κ3) is 34.5. The van der Waals surface area contributed by atoms with E-state index in [9.17, 15) is 9.90 Å². The number of carbonyl (C=O) groups is 1. The molecule has 0 aliphatic carbocycles. The Balaban J connectivity index is 3.99. The lowest BCUT2D eigenvalue weighted by atomic mass is 10.1. The number of aliphatic hydroxyl groups excluding tert-OH is 1. The van der Waals surface area contributed by atoms with Crippen molar-refractivity contribution >= 4 is 5.97 Å². The Morgan fingerprint density at radius 3 is 1.47 bits per heavy atom. The molecule has 0 unspecified atom stereocenters. The van der Waals surface area contributed by atoms with E-state index in [0.717, 1.165) is 84.2 Å². The fourth-order valence-corrected chi connectivity index (χ4v) is 5.81. The molecule has 1 N–H and O–H groups in total. The van der Waals surface area contributed by atoms with E-state index in [4.69, 9.17) is 14.2 Å². The molecule has 0 heterocycles. The molecule has 0 fully saturated rings. The van der Waals surface area contributed by atoms with Crippen LogP contribution in [0.1, 0.15) is 194 Å². The molecule has 0 aromatic heterocycles. The number of hydrogen-bond acceptors (Lipinski definition) is 6. The predicted molar refractivity (Wildman–Crippen MR) is 192 cm³/mol. The van der Waals surface area contributed by atoms with Crippen LogP contribution < -0.4 is 0 Å². The molecule has 0 spiro atoms. The Labute approximate surface area is 281 Å². The molecule has 6 nitrogen and oxygen atoms in total. The van der Waals surface area contributed by atoms with Crippen LogP contribution in [0.2, 0.25) is 0 Å². The highest BCUT2D eigenvalue weighted by Gasteiger charge is 2.10. The Kier molecular flexibility index (Phi) is 37.2. The lowest BCUT2D eigenvalue weighted by molar-refractivity contribution is -0.148. The molecule has 270 valence electrons. The second-order valence-electron chi connectivity index (χ2n) is 13.3. The highest BCUT2D eigenvalue weighted by molar-refractivity contribution is 5.69. The van der Waals surface area contributed by atoms with Crippen molar-refractivity contribution in [2.45, 2.75) is 200 Å². The summed E-state index contributed by atoms with van der Waals surface area (Å²) >= 11 is 0. The first kappa shape index (κ1) is 44.3. The van der Waals surface area contributed by atoms with Crippen LogP contribution in [0.4, 0.5) is 0 Å². The molecular formula is C39H79NO5. The average Bonchev–Trinajstić information content (AvgIpc) is 3.04. The summed E-state index contributed by atoms with van der Waals surface area (Å²) < 4.78 is 17.7. The van der Waals surface area contributed by atoms with Crippen molar-refractivity contribution in [1.82, 2.24) is 4.90 Å². The highest BCUT2D eigenvalue weighted by Crippen LogP contribution is 2.15. The van der Waals surface area contributed by atoms with Gasteiger partial charge in [0, 0.05) is 26.2 Å². The first-order valence-electron chi connectivity index (χ1n) is 19.9. The van der Waals surface area contributed by atoms with E-state index in [2.05, 4.69) is 25.7 Å². The van der Waals surface area contributed by atoms with Crippen molar-refractivity contribution in [1.29, 1.82) is 0 Å². The molecule has 0 radical (unpaired) electrons. The van der Waals surface area contributed by atoms with E-state index in [1.54, 1.807) is 0 Å². The van der Waals surface area contributed by atoms with E-state index in [1.807, 2.05) is 0 Å². The fourth-order valence-electron chi connectivity index (χ4n) is 5.81. The smallest absolute Gasteiger partial charge is 0.305 e. The van der Waals surface area contributed by atoms with Gasteiger partial charge < -0.3 is 24.2 Å². The number of nitrogens with zero attached hydrogens (tertiary/aromatic N) is 1. The van der Waals surface area contributed by atoms with Crippen molar-refractivity contribution in [3.8, 4) is 0 Å². The lowest BCUT2D eigenvalue weighted by Crippen LogP contribution is -2.29. The molecule has 0 saturated heterocycles. The zero-order valence-electron chi connectivity index (χ0n) is 30.6. The van der Waals surface area contributed by atoms with E-state index in [1.165, 1.54) is 116 Å². The predicted octanol–water partition coefficient (Wildman–Crippen LogP) is 10.8. The van der Waals surface area contributed by atoms with E-state index >= 15 is 0 Å². The van der Waals surface area contributed by atoms with Gasteiger partial charge in [0.15, 0.2) is 6.29 Å². The second kappa shape index (κ2) is 37.8. The molecule has 0 atom stereocenters. The summed E-state index contributed by atoms with van der Waals surface area (Å²) in [7, 11) is 0. The molecular weight excluding hydrogens is 562 g/mol. The van der Waals surface area contributed by atoms with Crippen LogP contribution in [0, 0.1) is 0 Å². The number of hydrogen-bond donors (Lipinski definition) is 1. The SMILES string of the molecule is CCCCCCCCOC(CCCCCCCN(CCO)CCCCCCCC(=O)OCCCCC)OCCCCCCCC. The molecule has 6 heteroatoms. The molecule has 0 saturated carbocycles. The minimum atomic E-state index is -0.0336. The van der Waals surface area contributed by atoms with Gasteiger partial charge in [-0.3, -0.25) is 4.79 Å². The number of unbranched alkanes of at least 4 members (excludes halogenated alkanes) is 20. The Bertz CT molecular complexity index is 558. The van der Waals surface area contributed by atoms with Crippen LogP contribution >= 0.6 is 0 Å². The van der Waals surface area contributed by atoms with Crippen LogP contribution in [0.3, 0.4) is 0 Å². The molecule has 0 aromatic rings. The molecule has 0 rings (SSSR count). The standard InChI is InChI=1S/C39H79NO5/c1-4-7-10-12-20-27-36-44-39(45-37-28-21-13-11-8-5-2)30-23-17-15-19-25-32-40(33-34-41)31-24-18-14-16-22-29-38(42)43-35-26-9-6-3/h39,41H,4-37H2,1-3H3. The summed E-state index contributed by atoms with van der Waals surface area (Å²) in [4.78, 5) is 14.2. The van der Waals surface area contributed by atoms with Crippen molar-refractivity contribution in [2.24, 2.45) is 0 Å². The summed E-state index contributed by atoms with van der Waals surface area (Å²) in [5, 5.41) is 9.52. The third-order valence-electron chi connectivity index (χ3n) is 8.80. The van der Waals surface area contributed by atoms with Crippen LogP contribution in [-0.4, -0.2) is 68.3 Å². The maximum atomic E-state index is 11.8. The van der Waals surface area contributed by atoms with E-state index < -0.39 is 0 Å². The number of carbonyl (C=O) groups excluding carboxylic acids is 1. The zero-order valence-corrected chi connectivity index (χ0v) is 30.6. The summed E-state index contributed by atoms with van der Waals surface area (Å²) in [6.45, 7) is 12.1. The zero-order chi connectivity index (χ0) is 32.9. The molecule has 45 heavy (non-hydrogen) atoms. The Hall–Kier alpha value is -0.690. The largest absolute Gasteiger partial charge is 0.466 e. The summed E-state index contributed by atoms with van der Waals surface area (Å²) in [6.07, 6.45) is 32.0. The van der Waals surface area contributed by atoms with Crippen molar-refractivity contribution in [2.75, 3.05) is 46.1 Å². The van der Waals surface area contributed by atoms with Crippen LogP contribution in [-0.2, 0) is 19.0 Å². The molecule has 0 aliphatic heterocycles. The number of esters is 1. The van der Waals surface area contributed by atoms with Gasteiger partial charge >= 0.3 is 5.97 Å². The normalized spacial score (nSPS) is 11.7. The molecule has 0 bridgehead atoms. The van der Waals surface area contributed by atoms with Crippen molar-refractivity contribution in [3.05, 3.63) is 0 Å². The molecule has 0 aromatic carbocycles. The monoisotopic (exact) mass is 642 g/mol.